The number of aromatic nitrogens is 4. The molecule has 3 aromatic heterocycles. The van der Waals surface area contributed by atoms with E-state index in [1.54, 1.807) is 12.4 Å². The van der Waals surface area contributed by atoms with E-state index in [1.165, 1.54) is 12.1 Å². The molecule has 0 radical (unpaired) electrons. The average Bonchev–Trinajstić information content (AvgIpc) is 3.15. The number of hydrogen-bond acceptors (Lipinski definition) is 3. The summed E-state index contributed by atoms with van der Waals surface area (Å²) in [7, 11) is 0. The molecule has 1 aliphatic heterocycles. The molecule has 116 valence electrons. The molecule has 1 amide bonds. The number of anilines is 1. The van der Waals surface area contributed by atoms with Crippen LogP contribution in [0.25, 0.3) is 11.4 Å². The lowest BCUT2D eigenvalue weighted by Gasteiger charge is -2.22. The maximum Gasteiger partial charge on any atom is 0.259 e. The van der Waals surface area contributed by atoms with Crippen LogP contribution in [0.5, 0.6) is 0 Å². The predicted octanol–water partition coefficient (Wildman–Crippen LogP) is 2.78. The SMILES string of the molecule is C[C@H]1Cc2[nH]cc(C(=O)Nc3ccc(F)cn3)c2-c2nccn21. The molecule has 7 heteroatoms. The number of H-pyrrole nitrogens is 1. The van der Waals surface area contributed by atoms with E-state index in [-0.39, 0.29) is 11.9 Å². The van der Waals surface area contributed by atoms with Gasteiger partial charge in [-0.05, 0) is 19.1 Å². The number of pyridine rings is 1. The number of fused-ring (bicyclic) bond motifs is 3. The van der Waals surface area contributed by atoms with Gasteiger partial charge in [0.1, 0.15) is 17.5 Å². The third-order valence-corrected chi connectivity index (χ3v) is 4.04. The standard InChI is InChI=1S/C16H14FN5O/c1-9-6-12-14(15-18-4-5-22(9)15)11(8-19-12)16(23)21-13-3-2-10(17)7-20-13/h2-5,7-9,19H,6H2,1H3,(H,20,21,23)/t9-/m0/s1. The first-order valence-electron chi connectivity index (χ1n) is 7.30. The van der Waals surface area contributed by atoms with Crippen LogP contribution in [0, 0.1) is 5.82 Å². The molecule has 4 heterocycles. The minimum Gasteiger partial charge on any atom is -0.364 e. The van der Waals surface area contributed by atoms with E-state index < -0.39 is 5.82 Å². The Morgan fingerprint density at radius 1 is 1.43 bits per heavy atom. The van der Waals surface area contributed by atoms with Gasteiger partial charge in [-0.15, -0.1) is 0 Å². The zero-order chi connectivity index (χ0) is 16.0. The second-order valence-corrected chi connectivity index (χ2v) is 5.58. The third-order valence-electron chi connectivity index (χ3n) is 4.04. The van der Waals surface area contributed by atoms with Gasteiger partial charge in [-0.2, -0.15) is 0 Å². The molecule has 2 N–H and O–H groups in total. The van der Waals surface area contributed by atoms with Gasteiger partial charge in [0.15, 0.2) is 0 Å². The van der Waals surface area contributed by atoms with E-state index in [4.69, 9.17) is 0 Å². The number of rotatable bonds is 2. The Balaban J connectivity index is 1.70. The summed E-state index contributed by atoms with van der Waals surface area (Å²) in [6, 6.07) is 2.96. The van der Waals surface area contributed by atoms with Crippen LogP contribution in [0.4, 0.5) is 10.2 Å². The minimum absolute atomic E-state index is 0.285. The van der Waals surface area contributed by atoms with Gasteiger partial charge in [0, 0.05) is 36.7 Å². The molecular weight excluding hydrogens is 297 g/mol. The van der Waals surface area contributed by atoms with E-state index in [1.807, 2.05) is 6.20 Å². The zero-order valence-electron chi connectivity index (χ0n) is 12.4. The number of halogens is 1. The molecule has 23 heavy (non-hydrogen) atoms. The van der Waals surface area contributed by atoms with Crippen molar-refractivity contribution in [2.75, 3.05) is 5.32 Å². The Labute approximate surface area is 131 Å². The lowest BCUT2D eigenvalue weighted by molar-refractivity contribution is 0.102. The number of amides is 1. The van der Waals surface area contributed by atoms with E-state index in [0.717, 1.165) is 29.7 Å². The average molecular weight is 311 g/mol. The third kappa shape index (κ3) is 2.21. The van der Waals surface area contributed by atoms with E-state index in [9.17, 15) is 9.18 Å². The van der Waals surface area contributed by atoms with Crippen molar-refractivity contribution in [3.8, 4) is 11.4 Å². The molecule has 1 aliphatic rings. The van der Waals surface area contributed by atoms with Gasteiger partial charge < -0.3 is 14.9 Å². The second kappa shape index (κ2) is 5.05. The fourth-order valence-electron chi connectivity index (χ4n) is 2.95. The molecule has 0 aromatic carbocycles. The first kappa shape index (κ1) is 13.7. The highest BCUT2D eigenvalue weighted by Gasteiger charge is 2.28. The highest BCUT2D eigenvalue weighted by molar-refractivity contribution is 6.08. The highest BCUT2D eigenvalue weighted by atomic mass is 19.1. The molecule has 0 unspecified atom stereocenters. The second-order valence-electron chi connectivity index (χ2n) is 5.58. The summed E-state index contributed by atoms with van der Waals surface area (Å²) < 4.78 is 15.0. The fourth-order valence-corrected chi connectivity index (χ4v) is 2.95. The van der Waals surface area contributed by atoms with E-state index in [0.29, 0.717) is 11.4 Å². The largest absolute Gasteiger partial charge is 0.364 e. The lowest BCUT2D eigenvalue weighted by Crippen LogP contribution is -2.18. The van der Waals surface area contributed by atoms with Gasteiger partial charge in [-0.25, -0.2) is 14.4 Å². The predicted molar refractivity (Wildman–Crippen MR) is 82.6 cm³/mol. The van der Waals surface area contributed by atoms with Gasteiger partial charge in [-0.3, -0.25) is 4.79 Å². The maximum absolute atomic E-state index is 12.9. The van der Waals surface area contributed by atoms with Crippen LogP contribution in [-0.4, -0.2) is 25.4 Å². The lowest BCUT2D eigenvalue weighted by atomic mass is 10.0. The molecule has 1 atom stereocenters. The summed E-state index contributed by atoms with van der Waals surface area (Å²) in [6.07, 6.45) is 7.20. The van der Waals surface area contributed by atoms with Crippen molar-refractivity contribution in [3.05, 3.63) is 54.0 Å². The van der Waals surface area contributed by atoms with Crippen molar-refractivity contribution in [2.24, 2.45) is 0 Å². The zero-order valence-corrected chi connectivity index (χ0v) is 12.4. The molecule has 4 rings (SSSR count). The van der Waals surface area contributed by atoms with Crippen molar-refractivity contribution in [1.29, 1.82) is 0 Å². The van der Waals surface area contributed by atoms with Gasteiger partial charge in [0.2, 0.25) is 0 Å². The Bertz CT molecular complexity index is 880. The van der Waals surface area contributed by atoms with Crippen LogP contribution in [0.1, 0.15) is 29.0 Å². The summed E-state index contributed by atoms with van der Waals surface area (Å²) >= 11 is 0. The van der Waals surface area contributed by atoms with Crippen molar-refractivity contribution < 1.29 is 9.18 Å². The minimum atomic E-state index is -0.446. The number of imidazole rings is 1. The van der Waals surface area contributed by atoms with Gasteiger partial charge >= 0.3 is 0 Å². The van der Waals surface area contributed by atoms with Crippen molar-refractivity contribution in [3.63, 3.8) is 0 Å². The van der Waals surface area contributed by atoms with Crippen molar-refractivity contribution >= 4 is 11.7 Å². The van der Waals surface area contributed by atoms with Crippen LogP contribution < -0.4 is 5.32 Å². The highest BCUT2D eigenvalue weighted by Crippen LogP contribution is 2.35. The number of hydrogen-bond donors (Lipinski definition) is 2. The monoisotopic (exact) mass is 311 g/mol. The van der Waals surface area contributed by atoms with Gasteiger partial charge in [-0.1, -0.05) is 0 Å². The number of aromatic amines is 1. The molecule has 0 saturated heterocycles. The van der Waals surface area contributed by atoms with Crippen LogP contribution in [-0.2, 0) is 6.42 Å². The summed E-state index contributed by atoms with van der Waals surface area (Å²) in [5, 5.41) is 2.68. The fraction of sp³-hybridized carbons (Fsp3) is 0.188. The smallest absolute Gasteiger partial charge is 0.259 e. The first-order chi connectivity index (χ1) is 11.1. The van der Waals surface area contributed by atoms with Crippen LogP contribution in [0.2, 0.25) is 0 Å². The molecule has 3 aromatic rings. The van der Waals surface area contributed by atoms with Crippen LogP contribution in [0.3, 0.4) is 0 Å². The van der Waals surface area contributed by atoms with Crippen LogP contribution in [0.15, 0.2) is 36.9 Å². The summed E-state index contributed by atoms with van der Waals surface area (Å²) in [6.45, 7) is 2.11. The molecule has 0 aliphatic carbocycles. The van der Waals surface area contributed by atoms with E-state index >= 15 is 0 Å². The number of carbonyl (C=O) groups excluding carboxylic acids is 1. The Morgan fingerprint density at radius 2 is 2.30 bits per heavy atom. The maximum atomic E-state index is 12.9. The molecule has 0 spiro atoms. The molecule has 0 fully saturated rings. The van der Waals surface area contributed by atoms with Gasteiger partial charge in [0.25, 0.3) is 5.91 Å². The van der Waals surface area contributed by atoms with Crippen molar-refractivity contribution in [1.82, 2.24) is 19.5 Å². The van der Waals surface area contributed by atoms with E-state index in [2.05, 4.69) is 31.8 Å². The normalized spacial score (nSPS) is 15.8. The number of nitrogens with zero attached hydrogens (tertiary/aromatic N) is 3. The summed E-state index contributed by atoms with van der Waals surface area (Å²) in [4.78, 5) is 23.9. The number of carbonyl (C=O) groups is 1. The van der Waals surface area contributed by atoms with Crippen LogP contribution >= 0.6 is 0 Å². The first-order valence-corrected chi connectivity index (χ1v) is 7.30. The van der Waals surface area contributed by atoms with Crippen molar-refractivity contribution in [2.45, 2.75) is 19.4 Å². The quantitative estimate of drug-likeness (QED) is 0.764. The molecule has 0 saturated carbocycles. The molecule has 0 bridgehead atoms. The molecule has 6 nitrogen and oxygen atoms in total. The Morgan fingerprint density at radius 3 is 3.09 bits per heavy atom. The molecular formula is C16H14FN5O. The Hall–Kier alpha value is -2.96. The Kier molecular flexibility index (Phi) is 3.00. The number of nitrogens with one attached hydrogen (secondary N) is 2. The summed E-state index contributed by atoms with van der Waals surface area (Å²) in [5.74, 6) is 0.333. The topological polar surface area (TPSA) is 75.6 Å². The summed E-state index contributed by atoms with van der Waals surface area (Å²) in [5.41, 5.74) is 2.31. The van der Waals surface area contributed by atoms with Gasteiger partial charge in [0.05, 0.1) is 17.3 Å².